The van der Waals surface area contributed by atoms with Gasteiger partial charge in [-0.25, -0.2) is 0 Å². The molecule has 20 heavy (non-hydrogen) atoms. The molecular weight excluding hydrogens is 244 g/mol. The van der Waals surface area contributed by atoms with Crippen LogP contribution in [0.5, 0.6) is 0 Å². The SMILES string of the molecule is CC(C)(Cc1ccccn1)C(C)(C)Cc1ccccn1. The zero-order valence-electron chi connectivity index (χ0n) is 12.9. The van der Waals surface area contributed by atoms with E-state index < -0.39 is 0 Å². The number of pyridine rings is 2. The Hall–Kier alpha value is -1.70. The molecule has 0 spiro atoms. The highest BCUT2D eigenvalue weighted by Gasteiger charge is 2.37. The molecule has 0 fully saturated rings. The van der Waals surface area contributed by atoms with E-state index in [9.17, 15) is 0 Å². The summed E-state index contributed by atoms with van der Waals surface area (Å²) < 4.78 is 0. The van der Waals surface area contributed by atoms with Crippen LogP contribution in [0.2, 0.25) is 0 Å². The Labute approximate surface area is 122 Å². The monoisotopic (exact) mass is 268 g/mol. The minimum Gasteiger partial charge on any atom is -0.261 e. The average molecular weight is 268 g/mol. The number of rotatable bonds is 5. The summed E-state index contributed by atoms with van der Waals surface area (Å²) in [5.74, 6) is 0. The average Bonchev–Trinajstić information content (AvgIpc) is 2.40. The first-order valence-electron chi connectivity index (χ1n) is 7.21. The molecule has 0 amide bonds. The molecule has 0 unspecified atom stereocenters. The lowest BCUT2D eigenvalue weighted by atomic mass is 9.63. The minimum absolute atomic E-state index is 0.152. The molecule has 2 rings (SSSR count). The van der Waals surface area contributed by atoms with Crippen molar-refractivity contribution in [2.45, 2.75) is 40.5 Å². The van der Waals surface area contributed by atoms with Gasteiger partial charge in [0.2, 0.25) is 0 Å². The summed E-state index contributed by atoms with van der Waals surface area (Å²) in [5.41, 5.74) is 2.62. The van der Waals surface area contributed by atoms with Gasteiger partial charge in [-0.15, -0.1) is 0 Å². The van der Waals surface area contributed by atoms with Crippen molar-refractivity contribution < 1.29 is 0 Å². The van der Waals surface area contributed by atoms with Crippen LogP contribution in [0.4, 0.5) is 0 Å². The van der Waals surface area contributed by atoms with E-state index in [-0.39, 0.29) is 10.8 Å². The van der Waals surface area contributed by atoms with Crippen molar-refractivity contribution in [1.29, 1.82) is 0 Å². The van der Waals surface area contributed by atoms with Gasteiger partial charge >= 0.3 is 0 Å². The Bertz CT molecular complexity index is 478. The summed E-state index contributed by atoms with van der Waals surface area (Å²) in [5, 5.41) is 0. The second-order valence-electron chi connectivity index (χ2n) is 6.76. The van der Waals surface area contributed by atoms with Crippen molar-refractivity contribution >= 4 is 0 Å². The van der Waals surface area contributed by atoms with Crippen molar-refractivity contribution in [3.63, 3.8) is 0 Å². The van der Waals surface area contributed by atoms with Crippen LogP contribution < -0.4 is 0 Å². The lowest BCUT2D eigenvalue weighted by molar-refractivity contribution is 0.107. The molecule has 0 aliphatic rings. The van der Waals surface area contributed by atoms with Gasteiger partial charge in [0, 0.05) is 23.8 Å². The summed E-state index contributed by atoms with van der Waals surface area (Å²) in [7, 11) is 0. The first-order chi connectivity index (χ1) is 9.41. The van der Waals surface area contributed by atoms with Gasteiger partial charge in [0.05, 0.1) is 0 Å². The Morgan fingerprint density at radius 2 is 1.10 bits per heavy atom. The molecule has 0 aromatic carbocycles. The molecule has 0 radical (unpaired) electrons. The van der Waals surface area contributed by atoms with E-state index in [1.165, 1.54) is 0 Å². The van der Waals surface area contributed by atoms with Gasteiger partial charge in [0.15, 0.2) is 0 Å². The zero-order chi connectivity index (χ0) is 14.6. The van der Waals surface area contributed by atoms with E-state index in [2.05, 4.69) is 61.9 Å². The second kappa shape index (κ2) is 5.74. The third-order valence-corrected chi connectivity index (χ3v) is 4.53. The van der Waals surface area contributed by atoms with Crippen LogP contribution in [0.3, 0.4) is 0 Å². The summed E-state index contributed by atoms with van der Waals surface area (Å²) >= 11 is 0. The number of aromatic nitrogens is 2. The highest BCUT2D eigenvalue weighted by atomic mass is 14.7. The molecule has 0 saturated heterocycles. The lowest BCUT2D eigenvalue weighted by Crippen LogP contribution is -2.36. The van der Waals surface area contributed by atoms with Crippen molar-refractivity contribution in [2.75, 3.05) is 0 Å². The summed E-state index contributed by atoms with van der Waals surface area (Å²) in [4.78, 5) is 8.94. The van der Waals surface area contributed by atoms with Gasteiger partial charge in [0.25, 0.3) is 0 Å². The fourth-order valence-corrected chi connectivity index (χ4v) is 2.39. The summed E-state index contributed by atoms with van der Waals surface area (Å²) in [6.45, 7) is 9.30. The quantitative estimate of drug-likeness (QED) is 0.807. The fourth-order valence-electron chi connectivity index (χ4n) is 2.39. The van der Waals surface area contributed by atoms with E-state index in [0.717, 1.165) is 24.2 Å². The Balaban J connectivity index is 2.14. The third kappa shape index (κ3) is 3.44. The molecule has 2 heteroatoms. The van der Waals surface area contributed by atoms with Crippen molar-refractivity contribution in [3.8, 4) is 0 Å². The molecule has 0 aliphatic heterocycles. The minimum atomic E-state index is 0.152. The number of nitrogens with zero attached hydrogens (tertiary/aromatic N) is 2. The smallest absolute Gasteiger partial charge is 0.0409 e. The maximum absolute atomic E-state index is 4.47. The van der Waals surface area contributed by atoms with Crippen molar-refractivity contribution in [3.05, 3.63) is 60.2 Å². The van der Waals surface area contributed by atoms with Crippen molar-refractivity contribution in [2.24, 2.45) is 10.8 Å². The normalized spacial score (nSPS) is 12.4. The molecule has 0 bridgehead atoms. The molecule has 106 valence electrons. The Morgan fingerprint density at radius 1 is 0.700 bits per heavy atom. The van der Waals surface area contributed by atoms with Gasteiger partial charge < -0.3 is 0 Å². The number of hydrogen-bond donors (Lipinski definition) is 0. The fraction of sp³-hybridized carbons (Fsp3) is 0.444. The molecule has 0 saturated carbocycles. The van der Waals surface area contributed by atoms with E-state index in [4.69, 9.17) is 0 Å². The highest BCUT2D eigenvalue weighted by Crippen LogP contribution is 2.43. The maximum atomic E-state index is 4.47. The predicted octanol–water partition coefficient (Wildman–Crippen LogP) is 4.31. The first-order valence-corrected chi connectivity index (χ1v) is 7.21. The molecular formula is C18H24N2. The van der Waals surface area contributed by atoms with Gasteiger partial charge in [-0.1, -0.05) is 39.8 Å². The molecule has 0 aliphatic carbocycles. The maximum Gasteiger partial charge on any atom is 0.0409 e. The molecule has 0 N–H and O–H groups in total. The zero-order valence-corrected chi connectivity index (χ0v) is 12.9. The largest absolute Gasteiger partial charge is 0.261 e. The van der Waals surface area contributed by atoms with Crippen LogP contribution in [-0.4, -0.2) is 9.97 Å². The molecule has 2 aromatic rings. The van der Waals surface area contributed by atoms with Crippen LogP contribution in [0, 0.1) is 10.8 Å². The highest BCUT2D eigenvalue weighted by molar-refractivity contribution is 5.11. The molecule has 2 heterocycles. The van der Waals surface area contributed by atoms with Crippen LogP contribution in [0.25, 0.3) is 0 Å². The predicted molar refractivity (Wildman–Crippen MR) is 83.4 cm³/mol. The summed E-state index contributed by atoms with van der Waals surface area (Å²) in [6.07, 6.45) is 5.70. The van der Waals surface area contributed by atoms with Crippen LogP contribution in [0.15, 0.2) is 48.8 Å². The summed E-state index contributed by atoms with van der Waals surface area (Å²) in [6, 6.07) is 12.3. The second-order valence-corrected chi connectivity index (χ2v) is 6.76. The van der Waals surface area contributed by atoms with Crippen LogP contribution >= 0.6 is 0 Å². The molecule has 2 aromatic heterocycles. The van der Waals surface area contributed by atoms with E-state index in [1.807, 2.05) is 24.5 Å². The van der Waals surface area contributed by atoms with Gasteiger partial charge in [-0.05, 0) is 47.9 Å². The standard InChI is InChI=1S/C18H24N2/c1-17(2,13-15-9-5-7-11-19-15)18(3,4)14-16-10-6-8-12-20-16/h5-12H,13-14H2,1-4H3. The van der Waals surface area contributed by atoms with E-state index >= 15 is 0 Å². The van der Waals surface area contributed by atoms with Crippen LogP contribution in [0.1, 0.15) is 39.1 Å². The van der Waals surface area contributed by atoms with E-state index in [1.54, 1.807) is 0 Å². The molecule has 2 nitrogen and oxygen atoms in total. The Kier molecular flexibility index (Phi) is 4.22. The van der Waals surface area contributed by atoms with Gasteiger partial charge in [0.1, 0.15) is 0 Å². The molecule has 0 atom stereocenters. The Morgan fingerprint density at radius 3 is 1.40 bits per heavy atom. The first kappa shape index (κ1) is 14.7. The third-order valence-electron chi connectivity index (χ3n) is 4.53. The van der Waals surface area contributed by atoms with Gasteiger partial charge in [-0.2, -0.15) is 0 Å². The number of hydrogen-bond acceptors (Lipinski definition) is 2. The topological polar surface area (TPSA) is 25.8 Å². The lowest BCUT2D eigenvalue weighted by Gasteiger charge is -2.41. The van der Waals surface area contributed by atoms with Gasteiger partial charge in [-0.3, -0.25) is 9.97 Å². The van der Waals surface area contributed by atoms with Crippen molar-refractivity contribution in [1.82, 2.24) is 9.97 Å². The van der Waals surface area contributed by atoms with E-state index in [0.29, 0.717) is 0 Å². The van der Waals surface area contributed by atoms with Crippen LogP contribution in [-0.2, 0) is 12.8 Å².